The Balaban J connectivity index is 2.00. The first-order valence-electron chi connectivity index (χ1n) is 6.75. The lowest BCUT2D eigenvalue weighted by Gasteiger charge is -2.06. The zero-order valence-corrected chi connectivity index (χ0v) is 11.7. The van der Waals surface area contributed by atoms with E-state index in [1.165, 1.54) is 6.08 Å². The van der Waals surface area contributed by atoms with E-state index < -0.39 is 0 Å². The molecule has 0 aliphatic carbocycles. The minimum atomic E-state index is -0.356. The van der Waals surface area contributed by atoms with E-state index in [4.69, 9.17) is 9.47 Å². The van der Waals surface area contributed by atoms with Gasteiger partial charge in [-0.1, -0.05) is 6.58 Å². The van der Waals surface area contributed by atoms with Crippen molar-refractivity contribution in [3.05, 3.63) is 36.9 Å². The van der Waals surface area contributed by atoms with E-state index >= 15 is 0 Å². The first kappa shape index (κ1) is 16.0. The van der Waals surface area contributed by atoms with E-state index in [2.05, 4.69) is 18.3 Å². The topological polar surface area (TPSA) is 47.9 Å². The third-order valence-corrected chi connectivity index (χ3v) is 2.74. The molecule has 0 N–H and O–H groups in total. The van der Waals surface area contributed by atoms with Crippen molar-refractivity contribution < 1.29 is 14.3 Å². The van der Waals surface area contributed by atoms with Crippen LogP contribution >= 0.6 is 0 Å². The van der Waals surface area contributed by atoms with Gasteiger partial charge in [0, 0.05) is 6.08 Å². The van der Waals surface area contributed by atoms with Crippen molar-refractivity contribution in [3.63, 3.8) is 0 Å². The molecule has 0 spiro atoms. The molecule has 1 rings (SSSR count). The van der Waals surface area contributed by atoms with Crippen LogP contribution < -0.4 is 4.74 Å². The molecule has 0 aliphatic rings. The van der Waals surface area contributed by atoms with Crippen LogP contribution in [-0.4, -0.2) is 25.9 Å². The van der Waals surface area contributed by atoms with Gasteiger partial charge in [-0.05, 0) is 56.7 Å². The Kier molecular flexibility index (Phi) is 7.80. The third-order valence-electron chi connectivity index (χ3n) is 2.74. The summed E-state index contributed by atoms with van der Waals surface area (Å²) in [4.78, 5) is 14.6. The predicted octanol–water partition coefficient (Wildman–Crippen LogP) is 3.69. The summed E-state index contributed by atoms with van der Waals surface area (Å²) in [5.74, 6) is 0.489. The lowest BCUT2D eigenvalue weighted by molar-refractivity contribution is -0.137. The molecule has 0 saturated carbocycles. The molecule has 1 aromatic carbocycles. The molecule has 108 valence electrons. The van der Waals surface area contributed by atoms with Crippen molar-refractivity contribution in [1.29, 1.82) is 0 Å². The molecule has 0 amide bonds. The van der Waals surface area contributed by atoms with Gasteiger partial charge < -0.3 is 9.47 Å². The van der Waals surface area contributed by atoms with Crippen LogP contribution in [0, 0.1) is 0 Å². The number of carbonyl (C=O) groups excluding carboxylic acids is 1. The smallest absolute Gasteiger partial charge is 0.330 e. The molecule has 1 aromatic rings. The van der Waals surface area contributed by atoms with Crippen LogP contribution in [0.1, 0.15) is 25.7 Å². The minimum Gasteiger partial charge on any atom is -0.494 e. The zero-order valence-electron chi connectivity index (χ0n) is 11.7. The van der Waals surface area contributed by atoms with Crippen molar-refractivity contribution in [2.45, 2.75) is 25.7 Å². The second-order valence-electron chi connectivity index (χ2n) is 4.29. The fourth-order valence-corrected chi connectivity index (χ4v) is 1.63. The van der Waals surface area contributed by atoms with Gasteiger partial charge in [0.05, 0.1) is 18.9 Å². The van der Waals surface area contributed by atoms with Gasteiger partial charge in [0.15, 0.2) is 0 Å². The molecule has 0 unspecified atom stereocenters. The minimum absolute atomic E-state index is 0.356. The van der Waals surface area contributed by atoms with Gasteiger partial charge in [0.25, 0.3) is 0 Å². The molecule has 4 nitrogen and oxygen atoms in total. The highest BCUT2D eigenvalue weighted by atomic mass is 16.5. The molecule has 0 fully saturated rings. The maximum absolute atomic E-state index is 10.8. The van der Waals surface area contributed by atoms with Crippen LogP contribution in [0.3, 0.4) is 0 Å². The van der Waals surface area contributed by atoms with Crippen LogP contribution in [-0.2, 0) is 9.53 Å². The Hall–Kier alpha value is -2.10. The maximum Gasteiger partial charge on any atom is 0.330 e. The molecule has 4 heteroatoms. The van der Waals surface area contributed by atoms with Gasteiger partial charge in [-0.25, -0.2) is 4.79 Å². The SMILES string of the molecule is C=CC(=O)OCCCCCCOc1ccc(N=C)cc1. The number of aliphatic imine (C=N–C) groups is 1. The van der Waals surface area contributed by atoms with Gasteiger partial charge in [-0.2, -0.15) is 0 Å². The molecular formula is C16H21NO3. The Morgan fingerprint density at radius 1 is 1.10 bits per heavy atom. The van der Waals surface area contributed by atoms with E-state index in [-0.39, 0.29) is 5.97 Å². The zero-order chi connectivity index (χ0) is 14.6. The van der Waals surface area contributed by atoms with Gasteiger partial charge in [-0.3, -0.25) is 4.99 Å². The van der Waals surface area contributed by atoms with E-state index in [1.54, 1.807) is 0 Å². The molecule has 0 heterocycles. The standard InChI is InChI=1S/C16H21NO3/c1-3-16(18)20-13-7-5-4-6-12-19-15-10-8-14(17-2)9-11-15/h3,8-11H,1-2,4-7,12-13H2. The largest absolute Gasteiger partial charge is 0.494 e. The van der Waals surface area contributed by atoms with E-state index in [0.29, 0.717) is 13.2 Å². The second kappa shape index (κ2) is 9.78. The summed E-state index contributed by atoms with van der Waals surface area (Å²) in [6.07, 6.45) is 5.11. The first-order valence-corrected chi connectivity index (χ1v) is 6.75. The fraction of sp³-hybridized carbons (Fsp3) is 0.375. The molecule has 0 saturated heterocycles. The van der Waals surface area contributed by atoms with Gasteiger partial charge >= 0.3 is 5.97 Å². The number of carbonyl (C=O) groups is 1. The average Bonchev–Trinajstić information content (AvgIpc) is 2.50. The summed E-state index contributed by atoms with van der Waals surface area (Å²) in [6.45, 7) is 7.95. The number of benzene rings is 1. The highest BCUT2D eigenvalue weighted by Crippen LogP contribution is 2.17. The third kappa shape index (κ3) is 6.73. The molecule has 0 radical (unpaired) electrons. The monoisotopic (exact) mass is 275 g/mol. The maximum atomic E-state index is 10.8. The van der Waals surface area contributed by atoms with E-state index in [0.717, 1.165) is 37.1 Å². The van der Waals surface area contributed by atoms with Crippen LogP contribution in [0.5, 0.6) is 5.75 Å². The molecule has 20 heavy (non-hydrogen) atoms. The van der Waals surface area contributed by atoms with Crippen molar-refractivity contribution >= 4 is 18.4 Å². The van der Waals surface area contributed by atoms with Crippen molar-refractivity contribution in [2.24, 2.45) is 4.99 Å². The van der Waals surface area contributed by atoms with Crippen LogP contribution in [0.25, 0.3) is 0 Å². The number of hydrogen-bond acceptors (Lipinski definition) is 4. The summed E-state index contributed by atoms with van der Waals surface area (Å²) in [6, 6.07) is 7.52. The Labute approximate surface area is 120 Å². The summed E-state index contributed by atoms with van der Waals surface area (Å²) < 4.78 is 10.5. The van der Waals surface area contributed by atoms with Crippen molar-refractivity contribution in [3.8, 4) is 5.75 Å². The highest BCUT2D eigenvalue weighted by molar-refractivity contribution is 5.81. The molecule has 0 aromatic heterocycles. The molecular weight excluding hydrogens is 254 g/mol. The Bertz CT molecular complexity index is 426. The van der Waals surface area contributed by atoms with E-state index in [9.17, 15) is 4.79 Å². The second-order valence-corrected chi connectivity index (χ2v) is 4.29. The van der Waals surface area contributed by atoms with Gasteiger partial charge in [0.1, 0.15) is 5.75 Å². The average molecular weight is 275 g/mol. The summed E-state index contributed by atoms with van der Waals surface area (Å²) in [5.41, 5.74) is 0.839. The Morgan fingerprint density at radius 3 is 2.35 bits per heavy atom. The molecule has 0 atom stereocenters. The van der Waals surface area contributed by atoms with Crippen LogP contribution in [0.4, 0.5) is 5.69 Å². The molecule has 0 bridgehead atoms. The van der Waals surface area contributed by atoms with Gasteiger partial charge in [0.2, 0.25) is 0 Å². The number of nitrogens with zero attached hydrogens (tertiary/aromatic N) is 1. The van der Waals surface area contributed by atoms with Crippen LogP contribution in [0.2, 0.25) is 0 Å². The number of unbranched alkanes of at least 4 members (excludes halogenated alkanes) is 3. The quantitative estimate of drug-likeness (QED) is 0.283. The first-order chi connectivity index (χ1) is 9.76. The molecule has 0 aliphatic heterocycles. The number of hydrogen-bond donors (Lipinski definition) is 0. The van der Waals surface area contributed by atoms with Gasteiger partial charge in [-0.15, -0.1) is 0 Å². The number of esters is 1. The summed E-state index contributed by atoms with van der Waals surface area (Å²) >= 11 is 0. The lowest BCUT2D eigenvalue weighted by atomic mass is 10.2. The normalized spacial score (nSPS) is 9.80. The van der Waals surface area contributed by atoms with Crippen LogP contribution in [0.15, 0.2) is 41.9 Å². The highest BCUT2D eigenvalue weighted by Gasteiger charge is 1.97. The van der Waals surface area contributed by atoms with Crippen molar-refractivity contribution in [2.75, 3.05) is 13.2 Å². The number of rotatable bonds is 10. The predicted molar refractivity (Wildman–Crippen MR) is 80.8 cm³/mol. The lowest BCUT2D eigenvalue weighted by Crippen LogP contribution is -2.02. The van der Waals surface area contributed by atoms with Crippen molar-refractivity contribution in [1.82, 2.24) is 0 Å². The fourth-order valence-electron chi connectivity index (χ4n) is 1.63. The van der Waals surface area contributed by atoms with E-state index in [1.807, 2.05) is 24.3 Å². The number of ether oxygens (including phenoxy) is 2. The summed E-state index contributed by atoms with van der Waals surface area (Å²) in [7, 11) is 0. The summed E-state index contributed by atoms with van der Waals surface area (Å²) in [5, 5.41) is 0. The Morgan fingerprint density at radius 2 is 1.75 bits per heavy atom.